The fourth-order valence-corrected chi connectivity index (χ4v) is 1.08. The lowest BCUT2D eigenvalue weighted by atomic mass is 10.4. The van der Waals surface area contributed by atoms with Crippen molar-refractivity contribution in [1.29, 1.82) is 0 Å². The molecular formula is C7H9NOS. The van der Waals surface area contributed by atoms with Gasteiger partial charge in [0.2, 0.25) is 0 Å². The zero-order chi connectivity index (χ0) is 7.40. The highest BCUT2D eigenvalue weighted by molar-refractivity contribution is 7.10. The van der Waals surface area contributed by atoms with Crippen LogP contribution < -0.4 is 0 Å². The Hall–Kier alpha value is -0.670. The summed E-state index contributed by atoms with van der Waals surface area (Å²) in [6.45, 7) is 1.71. The third kappa shape index (κ3) is 2.29. The molecule has 2 nitrogen and oxygen atoms in total. The predicted octanol–water partition coefficient (Wildman–Crippen LogP) is 1.54. The maximum Gasteiger partial charge on any atom is 0.115 e. The normalized spacial score (nSPS) is 14.2. The first kappa shape index (κ1) is 7.44. The minimum atomic E-state index is -0.385. The van der Waals surface area contributed by atoms with Crippen molar-refractivity contribution >= 4 is 17.4 Å². The van der Waals surface area contributed by atoms with Crippen LogP contribution in [0, 0.1) is 0 Å². The second-order valence-corrected chi connectivity index (χ2v) is 2.90. The average molecular weight is 155 g/mol. The molecule has 0 fully saturated rings. The van der Waals surface area contributed by atoms with E-state index in [-0.39, 0.29) is 6.10 Å². The summed E-state index contributed by atoms with van der Waals surface area (Å²) in [5.74, 6) is 0. The van der Waals surface area contributed by atoms with E-state index in [9.17, 15) is 0 Å². The predicted molar refractivity (Wildman–Crippen MR) is 42.8 cm³/mol. The van der Waals surface area contributed by atoms with Gasteiger partial charge in [0.15, 0.2) is 0 Å². The first-order valence-electron chi connectivity index (χ1n) is 3.05. The SMILES string of the molecule is CC(O)/C=C/c1nccs1. The summed E-state index contributed by atoms with van der Waals surface area (Å²) >= 11 is 1.56. The molecule has 0 aliphatic rings. The number of aromatic nitrogens is 1. The highest BCUT2D eigenvalue weighted by Crippen LogP contribution is 2.05. The fraction of sp³-hybridized carbons (Fsp3) is 0.286. The van der Waals surface area contributed by atoms with Crippen LogP contribution in [0.2, 0.25) is 0 Å². The minimum absolute atomic E-state index is 0.385. The van der Waals surface area contributed by atoms with Gasteiger partial charge in [0, 0.05) is 11.6 Å². The molecule has 0 saturated carbocycles. The van der Waals surface area contributed by atoms with Crippen LogP contribution in [0.15, 0.2) is 17.7 Å². The second kappa shape index (κ2) is 3.49. The molecule has 0 aromatic carbocycles. The molecular weight excluding hydrogens is 146 g/mol. The van der Waals surface area contributed by atoms with Gasteiger partial charge in [-0.2, -0.15) is 0 Å². The summed E-state index contributed by atoms with van der Waals surface area (Å²) in [5.41, 5.74) is 0. The first-order chi connectivity index (χ1) is 4.79. The maximum atomic E-state index is 8.84. The Morgan fingerprint density at radius 1 is 1.80 bits per heavy atom. The molecule has 0 saturated heterocycles. The van der Waals surface area contributed by atoms with E-state index in [0.29, 0.717) is 0 Å². The summed E-state index contributed by atoms with van der Waals surface area (Å²) in [4.78, 5) is 4.01. The highest BCUT2D eigenvalue weighted by Gasteiger charge is 1.88. The number of rotatable bonds is 2. The molecule has 0 aliphatic carbocycles. The van der Waals surface area contributed by atoms with Gasteiger partial charge < -0.3 is 5.11 Å². The van der Waals surface area contributed by atoms with Crippen LogP contribution in [0.4, 0.5) is 0 Å². The van der Waals surface area contributed by atoms with Crippen molar-refractivity contribution in [2.75, 3.05) is 0 Å². The zero-order valence-electron chi connectivity index (χ0n) is 5.69. The van der Waals surface area contributed by atoms with E-state index in [0.717, 1.165) is 5.01 Å². The Morgan fingerprint density at radius 3 is 3.10 bits per heavy atom. The number of hydrogen-bond acceptors (Lipinski definition) is 3. The smallest absolute Gasteiger partial charge is 0.115 e. The molecule has 1 atom stereocenters. The third-order valence-electron chi connectivity index (χ3n) is 0.969. The number of aliphatic hydroxyl groups is 1. The van der Waals surface area contributed by atoms with E-state index in [2.05, 4.69) is 4.98 Å². The standard InChI is InChI=1S/C7H9NOS/c1-6(9)2-3-7-8-4-5-10-7/h2-6,9H,1H3/b3-2+. The molecule has 3 heteroatoms. The highest BCUT2D eigenvalue weighted by atomic mass is 32.1. The van der Waals surface area contributed by atoms with Crippen molar-refractivity contribution in [3.63, 3.8) is 0 Å². The summed E-state index contributed by atoms with van der Waals surface area (Å²) in [5, 5.41) is 11.7. The minimum Gasteiger partial charge on any atom is -0.389 e. The largest absolute Gasteiger partial charge is 0.389 e. The van der Waals surface area contributed by atoms with E-state index < -0.39 is 0 Å². The molecule has 0 amide bonds. The molecule has 1 aromatic rings. The number of aliphatic hydroxyl groups excluding tert-OH is 1. The van der Waals surface area contributed by atoms with Crippen LogP contribution in [0.25, 0.3) is 6.08 Å². The van der Waals surface area contributed by atoms with Gasteiger partial charge in [0.25, 0.3) is 0 Å². The first-order valence-corrected chi connectivity index (χ1v) is 3.93. The van der Waals surface area contributed by atoms with Gasteiger partial charge in [-0.3, -0.25) is 0 Å². The second-order valence-electron chi connectivity index (χ2n) is 1.97. The molecule has 0 spiro atoms. The van der Waals surface area contributed by atoms with Crippen molar-refractivity contribution < 1.29 is 5.11 Å². The van der Waals surface area contributed by atoms with Gasteiger partial charge in [-0.1, -0.05) is 6.08 Å². The van der Waals surface area contributed by atoms with Crippen molar-refractivity contribution in [3.8, 4) is 0 Å². The van der Waals surface area contributed by atoms with Gasteiger partial charge in [0.1, 0.15) is 5.01 Å². The van der Waals surface area contributed by atoms with Crippen LogP contribution >= 0.6 is 11.3 Å². The molecule has 54 valence electrons. The topological polar surface area (TPSA) is 33.1 Å². The van der Waals surface area contributed by atoms with Crippen LogP contribution in [0.1, 0.15) is 11.9 Å². The summed E-state index contributed by atoms with van der Waals surface area (Å²) in [7, 11) is 0. The lowest BCUT2D eigenvalue weighted by Gasteiger charge is -1.89. The summed E-state index contributed by atoms with van der Waals surface area (Å²) < 4.78 is 0. The van der Waals surface area contributed by atoms with E-state index >= 15 is 0 Å². The van der Waals surface area contributed by atoms with Crippen LogP contribution in [-0.2, 0) is 0 Å². The quantitative estimate of drug-likeness (QED) is 0.702. The van der Waals surface area contributed by atoms with E-state index in [4.69, 9.17) is 5.11 Å². The lowest BCUT2D eigenvalue weighted by molar-refractivity contribution is 0.245. The Bertz CT molecular complexity index is 203. The molecule has 1 heterocycles. The number of thiazole rings is 1. The fourth-order valence-electron chi connectivity index (χ4n) is 0.538. The van der Waals surface area contributed by atoms with Crippen molar-refractivity contribution in [2.24, 2.45) is 0 Å². The number of nitrogens with zero attached hydrogens (tertiary/aromatic N) is 1. The zero-order valence-corrected chi connectivity index (χ0v) is 6.51. The third-order valence-corrected chi connectivity index (χ3v) is 1.71. The molecule has 1 N–H and O–H groups in total. The summed E-state index contributed by atoms with van der Waals surface area (Å²) in [6, 6.07) is 0. The van der Waals surface area contributed by atoms with Gasteiger partial charge in [0.05, 0.1) is 6.10 Å². The Kier molecular flexibility index (Phi) is 2.59. The van der Waals surface area contributed by atoms with Crippen LogP contribution in [-0.4, -0.2) is 16.2 Å². The van der Waals surface area contributed by atoms with Gasteiger partial charge >= 0.3 is 0 Å². The van der Waals surface area contributed by atoms with Gasteiger partial charge in [-0.05, 0) is 13.0 Å². The van der Waals surface area contributed by atoms with Crippen molar-refractivity contribution in [1.82, 2.24) is 4.98 Å². The van der Waals surface area contributed by atoms with Crippen LogP contribution in [0.5, 0.6) is 0 Å². The number of hydrogen-bond donors (Lipinski definition) is 1. The molecule has 0 bridgehead atoms. The molecule has 1 unspecified atom stereocenters. The molecule has 1 aromatic heterocycles. The Labute approximate surface area is 63.9 Å². The lowest BCUT2D eigenvalue weighted by Crippen LogP contribution is -1.90. The van der Waals surface area contributed by atoms with Gasteiger partial charge in [-0.25, -0.2) is 4.98 Å². The average Bonchev–Trinajstić information content (AvgIpc) is 2.34. The summed E-state index contributed by atoms with van der Waals surface area (Å²) in [6.07, 6.45) is 4.88. The Balaban J connectivity index is 2.55. The van der Waals surface area contributed by atoms with Crippen molar-refractivity contribution in [2.45, 2.75) is 13.0 Å². The molecule has 10 heavy (non-hydrogen) atoms. The van der Waals surface area contributed by atoms with Crippen LogP contribution in [0.3, 0.4) is 0 Å². The van der Waals surface area contributed by atoms with E-state index in [1.165, 1.54) is 0 Å². The van der Waals surface area contributed by atoms with Crippen molar-refractivity contribution in [3.05, 3.63) is 22.7 Å². The molecule has 0 radical (unpaired) electrons. The molecule has 1 rings (SSSR count). The Morgan fingerprint density at radius 2 is 2.60 bits per heavy atom. The van der Waals surface area contributed by atoms with E-state index in [1.807, 2.05) is 11.5 Å². The van der Waals surface area contributed by atoms with E-state index in [1.54, 1.807) is 30.5 Å². The van der Waals surface area contributed by atoms with Gasteiger partial charge in [-0.15, -0.1) is 11.3 Å². The maximum absolute atomic E-state index is 8.84. The molecule has 0 aliphatic heterocycles. The monoisotopic (exact) mass is 155 g/mol.